The van der Waals surface area contributed by atoms with Gasteiger partial charge in [-0.05, 0) is 29.7 Å². The average molecular weight is 370 g/mol. The monoisotopic (exact) mass is 369 g/mol. The van der Waals surface area contributed by atoms with Crippen LogP contribution in [0.4, 0.5) is 5.13 Å². The Hall–Kier alpha value is -2.21. The van der Waals surface area contributed by atoms with Crippen molar-refractivity contribution in [2.24, 2.45) is 5.10 Å². The Kier molecular flexibility index (Phi) is 4.30. The van der Waals surface area contributed by atoms with Crippen molar-refractivity contribution in [3.05, 3.63) is 69.9 Å². The van der Waals surface area contributed by atoms with Gasteiger partial charge in [0.1, 0.15) is 0 Å². The third kappa shape index (κ3) is 3.33. The van der Waals surface area contributed by atoms with E-state index in [1.807, 2.05) is 48.0 Å². The second kappa shape index (κ2) is 6.73. The minimum atomic E-state index is 0.722. The summed E-state index contributed by atoms with van der Waals surface area (Å²) in [5.41, 5.74) is 4.95. The van der Waals surface area contributed by atoms with Crippen LogP contribution in [0, 0.1) is 0 Å². The topological polar surface area (TPSA) is 37.3 Å². The SMILES string of the molecule is Clc1ccc(-c2csc(NN=Cc3cc4ccccc4s3)n2)cc1. The summed E-state index contributed by atoms with van der Waals surface area (Å²) >= 11 is 9.15. The van der Waals surface area contributed by atoms with E-state index in [1.54, 1.807) is 11.3 Å². The van der Waals surface area contributed by atoms with Crippen molar-refractivity contribution >= 4 is 55.7 Å². The molecule has 0 saturated heterocycles. The second-order valence-corrected chi connectivity index (χ2v) is 7.51. The third-order valence-corrected chi connectivity index (χ3v) is 5.49. The zero-order valence-electron chi connectivity index (χ0n) is 12.4. The Labute approximate surface area is 152 Å². The van der Waals surface area contributed by atoms with Gasteiger partial charge in [0, 0.05) is 25.5 Å². The highest BCUT2D eigenvalue weighted by Gasteiger charge is 2.04. The first-order valence-electron chi connectivity index (χ1n) is 7.27. The molecule has 0 aliphatic carbocycles. The first-order chi connectivity index (χ1) is 11.8. The van der Waals surface area contributed by atoms with Gasteiger partial charge in [0.2, 0.25) is 5.13 Å². The van der Waals surface area contributed by atoms with E-state index < -0.39 is 0 Å². The van der Waals surface area contributed by atoms with E-state index in [-0.39, 0.29) is 0 Å². The van der Waals surface area contributed by atoms with Crippen molar-refractivity contribution < 1.29 is 0 Å². The number of rotatable bonds is 4. The summed E-state index contributed by atoms with van der Waals surface area (Å²) in [7, 11) is 0. The van der Waals surface area contributed by atoms with Crippen molar-refractivity contribution in [2.45, 2.75) is 0 Å². The molecule has 0 atom stereocenters. The molecule has 0 spiro atoms. The van der Waals surface area contributed by atoms with Gasteiger partial charge in [-0.15, -0.1) is 22.7 Å². The molecule has 3 nitrogen and oxygen atoms in total. The van der Waals surface area contributed by atoms with E-state index >= 15 is 0 Å². The normalized spacial score (nSPS) is 11.4. The fourth-order valence-corrected chi connectivity index (χ4v) is 4.03. The lowest BCUT2D eigenvalue weighted by molar-refractivity contribution is 1.29. The predicted octanol–water partition coefficient (Wildman–Crippen LogP) is 6.12. The van der Waals surface area contributed by atoms with E-state index in [2.05, 4.69) is 33.7 Å². The van der Waals surface area contributed by atoms with E-state index in [0.29, 0.717) is 0 Å². The number of halogens is 1. The van der Waals surface area contributed by atoms with Crippen LogP contribution < -0.4 is 5.43 Å². The van der Waals surface area contributed by atoms with Crippen LogP contribution in [0.2, 0.25) is 5.02 Å². The number of thiophene rings is 1. The minimum absolute atomic E-state index is 0.722. The van der Waals surface area contributed by atoms with Gasteiger partial charge in [0.25, 0.3) is 0 Å². The number of benzene rings is 2. The summed E-state index contributed by atoms with van der Waals surface area (Å²) in [5.74, 6) is 0. The smallest absolute Gasteiger partial charge is 0.203 e. The Morgan fingerprint density at radius 3 is 2.75 bits per heavy atom. The summed E-state index contributed by atoms with van der Waals surface area (Å²) in [6.07, 6.45) is 1.83. The van der Waals surface area contributed by atoms with Crippen molar-refractivity contribution in [1.82, 2.24) is 4.98 Å². The second-order valence-electron chi connectivity index (χ2n) is 5.10. The highest BCUT2D eigenvalue weighted by Crippen LogP contribution is 2.26. The largest absolute Gasteiger partial charge is 0.253 e. The number of nitrogens with zero attached hydrogens (tertiary/aromatic N) is 2. The Balaban J connectivity index is 1.47. The van der Waals surface area contributed by atoms with Gasteiger partial charge < -0.3 is 0 Å². The van der Waals surface area contributed by atoms with E-state index in [4.69, 9.17) is 11.6 Å². The summed E-state index contributed by atoms with van der Waals surface area (Å²) in [6, 6.07) is 18.1. The standard InChI is InChI=1S/C18H12ClN3S2/c19-14-7-5-12(6-8-14)16-11-23-18(21-16)22-20-10-15-9-13-3-1-2-4-17(13)24-15/h1-11H,(H,21,22). The zero-order chi connectivity index (χ0) is 16.4. The molecule has 0 fully saturated rings. The summed E-state index contributed by atoms with van der Waals surface area (Å²) in [6.45, 7) is 0. The number of hydrogen-bond donors (Lipinski definition) is 1. The quantitative estimate of drug-likeness (QED) is 0.347. The van der Waals surface area contributed by atoms with Crippen LogP contribution in [0.5, 0.6) is 0 Å². The average Bonchev–Trinajstić information content (AvgIpc) is 3.22. The summed E-state index contributed by atoms with van der Waals surface area (Å²) in [5, 5.41) is 9.01. The Morgan fingerprint density at radius 1 is 1.08 bits per heavy atom. The number of fused-ring (bicyclic) bond motifs is 1. The van der Waals surface area contributed by atoms with Crippen molar-refractivity contribution in [3.8, 4) is 11.3 Å². The van der Waals surface area contributed by atoms with Gasteiger partial charge in [0.15, 0.2) is 0 Å². The molecule has 4 aromatic rings. The van der Waals surface area contributed by atoms with Crippen LogP contribution >= 0.6 is 34.3 Å². The zero-order valence-corrected chi connectivity index (χ0v) is 14.8. The molecule has 4 rings (SSSR count). The van der Waals surface area contributed by atoms with Gasteiger partial charge in [0.05, 0.1) is 11.9 Å². The van der Waals surface area contributed by atoms with Gasteiger partial charge in [-0.3, -0.25) is 5.43 Å². The lowest BCUT2D eigenvalue weighted by atomic mass is 10.2. The first kappa shape index (κ1) is 15.3. The van der Waals surface area contributed by atoms with Crippen molar-refractivity contribution in [3.63, 3.8) is 0 Å². The minimum Gasteiger partial charge on any atom is -0.253 e. The number of anilines is 1. The molecule has 118 valence electrons. The van der Waals surface area contributed by atoms with Crippen molar-refractivity contribution in [1.29, 1.82) is 0 Å². The van der Waals surface area contributed by atoms with Crippen molar-refractivity contribution in [2.75, 3.05) is 5.43 Å². The summed E-state index contributed by atoms with van der Waals surface area (Å²) in [4.78, 5) is 5.65. The molecule has 24 heavy (non-hydrogen) atoms. The van der Waals surface area contributed by atoms with E-state index in [0.717, 1.165) is 26.3 Å². The van der Waals surface area contributed by atoms with Crippen LogP contribution in [-0.4, -0.2) is 11.2 Å². The lowest BCUT2D eigenvalue weighted by Gasteiger charge is -1.96. The van der Waals surface area contributed by atoms with E-state index in [1.165, 1.54) is 21.4 Å². The maximum atomic E-state index is 5.91. The molecule has 6 heteroatoms. The highest BCUT2D eigenvalue weighted by molar-refractivity contribution is 7.20. The van der Waals surface area contributed by atoms with Crippen LogP contribution in [0.15, 0.2) is 65.1 Å². The molecule has 0 aliphatic rings. The summed E-state index contributed by atoms with van der Waals surface area (Å²) < 4.78 is 1.26. The highest BCUT2D eigenvalue weighted by atomic mass is 35.5. The molecule has 0 saturated carbocycles. The van der Waals surface area contributed by atoms with Crippen LogP contribution in [-0.2, 0) is 0 Å². The molecular weight excluding hydrogens is 358 g/mol. The molecule has 0 bridgehead atoms. The fourth-order valence-electron chi connectivity index (χ4n) is 2.30. The lowest BCUT2D eigenvalue weighted by Crippen LogP contribution is -1.88. The molecule has 2 aromatic heterocycles. The Morgan fingerprint density at radius 2 is 1.92 bits per heavy atom. The third-order valence-electron chi connectivity index (χ3n) is 3.44. The Bertz CT molecular complexity index is 969. The molecular formula is C18H12ClN3S2. The van der Waals surface area contributed by atoms with Gasteiger partial charge in [-0.25, -0.2) is 4.98 Å². The molecule has 2 heterocycles. The number of nitrogens with one attached hydrogen (secondary N) is 1. The van der Waals surface area contributed by atoms with Gasteiger partial charge in [-0.2, -0.15) is 5.10 Å². The number of hydrazone groups is 1. The molecule has 0 unspecified atom stereocenters. The van der Waals surface area contributed by atoms with E-state index in [9.17, 15) is 0 Å². The van der Waals surface area contributed by atoms with Crippen LogP contribution in [0.3, 0.4) is 0 Å². The van der Waals surface area contributed by atoms with Crippen LogP contribution in [0.25, 0.3) is 21.3 Å². The number of aromatic nitrogens is 1. The molecule has 0 aliphatic heterocycles. The predicted molar refractivity (Wildman–Crippen MR) is 106 cm³/mol. The first-order valence-corrected chi connectivity index (χ1v) is 9.34. The fraction of sp³-hybridized carbons (Fsp3) is 0. The van der Waals surface area contributed by atoms with Gasteiger partial charge in [-0.1, -0.05) is 41.9 Å². The number of thiazole rings is 1. The van der Waals surface area contributed by atoms with Gasteiger partial charge >= 0.3 is 0 Å². The molecule has 0 amide bonds. The number of hydrogen-bond acceptors (Lipinski definition) is 5. The molecule has 2 aromatic carbocycles. The molecule has 0 radical (unpaired) electrons. The van der Waals surface area contributed by atoms with Crippen LogP contribution in [0.1, 0.15) is 4.88 Å². The molecule has 1 N–H and O–H groups in total. The maximum Gasteiger partial charge on any atom is 0.203 e. The maximum absolute atomic E-state index is 5.91.